The van der Waals surface area contributed by atoms with Gasteiger partial charge in [-0.05, 0) is 39.4 Å². The highest BCUT2D eigenvalue weighted by atomic mass is 32.1. The highest BCUT2D eigenvalue weighted by Gasteiger charge is 2.26. The molecular formula is C18H21F5N4OS. The average Bonchev–Trinajstić information content (AvgIpc) is 2.95. The van der Waals surface area contributed by atoms with Gasteiger partial charge in [-0.2, -0.15) is 5.10 Å². The second-order valence-electron chi connectivity index (χ2n) is 6.18. The van der Waals surface area contributed by atoms with E-state index in [-0.39, 0.29) is 0 Å². The van der Waals surface area contributed by atoms with E-state index in [0.717, 1.165) is 11.1 Å². The molecule has 0 saturated carbocycles. The van der Waals surface area contributed by atoms with Crippen molar-refractivity contribution in [1.82, 2.24) is 15.1 Å². The largest absolute Gasteiger partial charge is 0.382 e. The lowest BCUT2D eigenvalue weighted by Crippen LogP contribution is -2.30. The van der Waals surface area contributed by atoms with E-state index in [1.54, 1.807) is 13.8 Å². The molecule has 0 saturated heterocycles. The normalized spacial score (nSPS) is 11.0. The molecule has 0 radical (unpaired) electrons. The van der Waals surface area contributed by atoms with E-state index in [0.29, 0.717) is 41.9 Å². The van der Waals surface area contributed by atoms with E-state index in [1.807, 2.05) is 6.92 Å². The number of halogens is 5. The summed E-state index contributed by atoms with van der Waals surface area (Å²) in [5.74, 6) is -9.93. The summed E-state index contributed by atoms with van der Waals surface area (Å²) in [7, 11) is 0. The zero-order valence-corrected chi connectivity index (χ0v) is 17.0. The summed E-state index contributed by atoms with van der Waals surface area (Å²) in [6.07, 6.45) is 0.743. The van der Waals surface area contributed by atoms with Crippen molar-refractivity contribution >= 4 is 23.0 Å². The average molecular weight is 436 g/mol. The van der Waals surface area contributed by atoms with Gasteiger partial charge in [-0.15, -0.1) is 0 Å². The molecule has 5 nitrogen and oxygen atoms in total. The summed E-state index contributed by atoms with van der Waals surface area (Å²) >= 11 is 5.20. The number of ether oxygens (including phenoxy) is 1. The van der Waals surface area contributed by atoms with E-state index in [2.05, 4.69) is 15.7 Å². The van der Waals surface area contributed by atoms with Crippen LogP contribution in [0.3, 0.4) is 0 Å². The van der Waals surface area contributed by atoms with Crippen LogP contribution >= 0.6 is 12.2 Å². The van der Waals surface area contributed by atoms with Crippen molar-refractivity contribution in [3.63, 3.8) is 0 Å². The molecule has 0 aliphatic rings. The number of benzene rings is 1. The molecule has 1 aromatic heterocycles. The lowest BCUT2D eigenvalue weighted by molar-refractivity contribution is 0.146. The smallest absolute Gasteiger partial charge is 0.200 e. The number of aryl methyl sites for hydroxylation is 1. The van der Waals surface area contributed by atoms with Gasteiger partial charge in [0, 0.05) is 19.8 Å². The van der Waals surface area contributed by atoms with Gasteiger partial charge in [-0.3, -0.25) is 4.68 Å². The first kappa shape index (κ1) is 23.0. The van der Waals surface area contributed by atoms with Gasteiger partial charge in [0.2, 0.25) is 5.82 Å². The first-order chi connectivity index (χ1) is 13.7. The molecule has 0 atom stereocenters. The number of nitrogens with one attached hydrogen (secondary N) is 2. The predicted molar refractivity (Wildman–Crippen MR) is 102 cm³/mol. The molecular weight excluding hydrogens is 415 g/mol. The van der Waals surface area contributed by atoms with Gasteiger partial charge in [0.25, 0.3) is 0 Å². The number of anilines is 1. The number of hydrogen-bond donors (Lipinski definition) is 2. The second kappa shape index (κ2) is 9.97. The SMILES string of the molecule is CCOCCCNC(=S)Nc1c(C)nn(Cc2c(F)c(F)c(F)c(F)c2F)c1C. The van der Waals surface area contributed by atoms with E-state index in [9.17, 15) is 22.0 Å². The summed E-state index contributed by atoms with van der Waals surface area (Å²) in [5, 5.41) is 10.3. The highest BCUT2D eigenvalue weighted by molar-refractivity contribution is 7.80. The molecule has 29 heavy (non-hydrogen) atoms. The van der Waals surface area contributed by atoms with Crippen LogP contribution in [0.4, 0.5) is 27.6 Å². The van der Waals surface area contributed by atoms with Crippen molar-refractivity contribution in [2.24, 2.45) is 0 Å². The number of nitrogens with zero attached hydrogens (tertiary/aromatic N) is 2. The summed E-state index contributed by atoms with van der Waals surface area (Å²) < 4.78 is 74.3. The molecule has 2 aromatic rings. The Morgan fingerprint density at radius 1 is 1.03 bits per heavy atom. The van der Waals surface area contributed by atoms with Gasteiger partial charge < -0.3 is 15.4 Å². The van der Waals surface area contributed by atoms with Gasteiger partial charge in [-0.1, -0.05) is 0 Å². The van der Waals surface area contributed by atoms with Crippen LogP contribution in [0.15, 0.2) is 0 Å². The van der Waals surface area contributed by atoms with E-state index in [4.69, 9.17) is 17.0 Å². The summed E-state index contributed by atoms with van der Waals surface area (Å²) in [6, 6.07) is 0. The molecule has 2 N–H and O–H groups in total. The number of rotatable bonds is 8. The van der Waals surface area contributed by atoms with Gasteiger partial charge in [-0.25, -0.2) is 22.0 Å². The van der Waals surface area contributed by atoms with E-state index < -0.39 is 41.2 Å². The van der Waals surface area contributed by atoms with Crippen molar-refractivity contribution in [1.29, 1.82) is 0 Å². The Morgan fingerprint density at radius 3 is 2.21 bits per heavy atom. The zero-order valence-electron chi connectivity index (χ0n) is 16.1. The minimum atomic E-state index is -2.19. The fraction of sp³-hybridized carbons (Fsp3) is 0.444. The molecule has 1 aromatic carbocycles. The number of aromatic nitrogens is 2. The number of hydrogen-bond acceptors (Lipinski definition) is 3. The van der Waals surface area contributed by atoms with Crippen molar-refractivity contribution in [3.8, 4) is 0 Å². The fourth-order valence-corrected chi connectivity index (χ4v) is 2.85. The third kappa shape index (κ3) is 5.21. The van der Waals surface area contributed by atoms with Crippen LogP contribution in [-0.2, 0) is 11.3 Å². The number of thiocarbonyl (C=S) groups is 1. The lowest BCUT2D eigenvalue weighted by Gasteiger charge is -2.12. The maximum atomic E-state index is 13.9. The Morgan fingerprint density at radius 2 is 1.62 bits per heavy atom. The van der Waals surface area contributed by atoms with Crippen LogP contribution < -0.4 is 10.6 Å². The van der Waals surface area contributed by atoms with E-state index in [1.165, 1.54) is 0 Å². The lowest BCUT2D eigenvalue weighted by atomic mass is 10.1. The molecule has 0 fully saturated rings. The summed E-state index contributed by atoms with van der Waals surface area (Å²) in [5.41, 5.74) is 0.390. The van der Waals surface area contributed by atoms with Gasteiger partial charge in [0.1, 0.15) is 0 Å². The Bertz CT molecular complexity index is 874. The molecule has 160 valence electrons. The van der Waals surface area contributed by atoms with Gasteiger partial charge >= 0.3 is 0 Å². The molecule has 11 heteroatoms. The zero-order chi connectivity index (χ0) is 21.7. The maximum absolute atomic E-state index is 13.9. The quantitative estimate of drug-likeness (QED) is 0.216. The summed E-state index contributed by atoms with van der Waals surface area (Å²) in [4.78, 5) is 0. The first-order valence-electron chi connectivity index (χ1n) is 8.85. The van der Waals surface area contributed by atoms with Crippen molar-refractivity contribution in [2.75, 3.05) is 25.1 Å². The van der Waals surface area contributed by atoms with Crippen molar-refractivity contribution in [2.45, 2.75) is 33.7 Å². The second-order valence-corrected chi connectivity index (χ2v) is 6.59. The first-order valence-corrected chi connectivity index (χ1v) is 9.26. The third-order valence-electron chi connectivity index (χ3n) is 4.18. The van der Waals surface area contributed by atoms with Crippen LogP contribution in [0, 0.1) is 42.9 Å². The topological polar surface area (TPSA) is 51.1 Å². The molecule has 0 spiro atoms. The monoisotopic (exact) mass is 436 g/mol. The third-order valence-corrected chi connectivity index (χ3v) is 4.43. The Balaban J connectivity index is 2.15. The van der Waals surface area contributed by atoms with Crippen LogP contribution in [-0.4, -0.2) is 34.7 Å². The standard InChI is InChI=1S/C18H21F5N4OS/c1-4-28-7-5-6-24-18(29)25-17-9(2)26-27(10(17)3)8-11-12(19)14(21)16(23)15(22)13(11)20/h4-8H2,1-3H3,(H2,24,25,29). The molecule has 0 bridgehead atoms. The molecule has 0 aliphatic heterocycles. The molecule has 0 unspecified atom stereocenters. The molecule has 1 heterocycles. The molecule has 0 amide bonds. The Labute approximate surface area is 170 Å². The molecule has 0 aliphatic carbocycles. The fourth-order valence-electron chi connectivity index (χ4n) is 2.65. The van der Waals surface area contributed by atoms with Crippen molar-refractivity contribution < 1.29 is 26.7 Å². The van der Waals surface area contributed by atoms with Crippen LogP contribution in [0.1, 0.15) is 30.3 Å². The minimum absolute atomic E-state index is 0.309. The Hall–Kier alpha value is -2.27. The van der Waals surface area contributed by atoms with Crippen LogP contribution in [0.2, 0.25) is 0 Å². The molecule has 2 rings (SSSR count). The van der Waals surface area contributed by atoms with E-state index >= 15 is 0 Å². The van der Waals surface area contributed by atoms with Gasteiger partial charge in [0.15, 0.2) is 28.4 Å². The highest BCUT2D eigenvalue weighted by Crippen LogP contribution is 2.26. The van der Waals surface area contributed by atoms with Crippen LogP contribution in [0.5, 0.6) is 0 Å². The Kier molecular flexibility index (Phi) is 7.91. The summed E-state index contributed by atoms with van der Waals surface area (Å²) in [6.45, 7) is 6.27. The van der Waals surface area contributed by atoms with Crippen molar-refractivity contribution in [3.05, 3.63) is 46.0 Å². The van der Waals surface area contributed by atoms with Crippen LogP contribution in [0.25, 0.3) is 0 Å². The van der Waals surface area contributed by atoms with Gasteiger partial charge in [0.05, 0.1) is 29.2 Å². The maximum Gasteiger partial charge on any atom is 0.200 e. The predicted octanol–water partition coefficient (Wildman–Crippen LogP) is 3.96. The minimum Gasteiger partial charge on any atom is -0.382 e.